The Kier molecular flexibility index (Phi) is 2.96. The molecule has 0 amide bonds. The fraction of sp³-hybridized carbons (Fsp3) is 0.417. The van der Waals surface area contributed by atoms with Gasteiger partial charge in [-0.2, -0.15) is 0 Å². The van der Waals surface area contributed by atoms with E-state index in [9.17, 15) is 0 Å². The molecule has 0 bridgehead atoms. The predicted octanol–water partition coefficient (Wildman–Crippen LogP) is 1.94. The number of aromatic nitrogens is 1. The Morgan fingerprint density at radius 1 is 1.59 bits per heavy atom. The van der Waals surface area contributed by atoms with E-state index in [4.69, 9.17) is 10.2 Å². The molecular formula is C12H15N3OS. The second kappa shape index (κ2) is 4.60. The van der Waals surface area contributed by atoms with Crippen molar-refractivity contribution in [3.63, 3.8) is 0 Å². The van der Waals surface area contributed by atoms with Gasteiger partial charge in [-0.25, -0.2) is 4.98 Å². The fourth-order valence-corrected chi connectivity index (χ4v) is 2.91. The lowest BCUT2D eigenvalue weighted by Gasteiger charge is -2.12. The van der Waals surface area contributed by atoms with Gasteiger partial charge in [0.05, 0.1) is 12.0 Å². The molecule has 0 unspecified atom stereocenters. The first kappa shape index (κ1) is 11.0. The number of furan rings is 1. The minimum Gasteiger partial charge on any atom is -0.462 e. The second-order valence-electron chi connectivity index (χ2n) is 4.41. The third kappa shape index (κ3) is 2.41. The molecule has 0 spiro atoms. The van der Waals surface area contributed by atoms with E-state index in [1.54, 1.807) is 17.6 Å². The van der Waals surface area contributed by atoms with Crippen molar-refractivity contribution in [1.29, 1.82) is 0 Å². The van der Waals surface area contributed by atoms with Crippen LogP contribution in [0, 0.1) is 0 Å². The van der Waals surface area contributed by atoms with Gasteiger partial charge >= 0.3 is 0 Å². The standard InChI is InChI=1S/C12H15N3OS/c13-9-3-4-15(6-9)7-10-8-17-12(14-10)11-2-1-5-16-11/h1-2,5,8-9H,3-4,6-7,13H2/t9-/m1/s1. The molecule has 4 nitrogen and oxygen atoms in total. The molecule has 1 aliphatic heterocycles. The minimum atomic E-state index is 0.332. The van der Waals surface area contributed by atoms with Crippen LogP contribution in [0.15, 0.2) is 28.2 Å². The summed E-state index contributed by atoms with van der Waals surface area (Å²) in [5.41, 5.74) is 6.99. The SMILES string of the molecule is N[C@@H]1CCN(Cc2csc(-c3ccco3)n2)C1. The van der Waals surface area contributed by atoms with Crippen molar-refractivity contribution in [3.05, 3.63) is 29.5 Å². The molecule has 0 aliphatic carbocycles. The first-order valence-electron chi connectivity index (χ1n) is 5.77. The zero-order chi connectivity index (χ0) is 11.7. The summed E-state index contributed by atoms with van der Waals surface area (Å²) in [5.74, 6) is 0.847. The number of nitrogens with two attached hydrogens (primary N) is 1. The van der Waals surface area contributed by atoms with E-state index in [0.29, 0.717) is 6.04 Å². The van der Waals surface area contributed by atoms with Crippen LogP contribution in [0.25, 0.3) is 10.8 Å². The van der Waals surface area contributed by atoms with Gasteiger partial charge in [0.1, 0.15) is 0 Å². The summed E-state index contributed by atoms with van der Waals surface area (Å²) in [6.07, 6.45) is 2.77. The Morgan fingerprint density at radius 3 is 3.24 bits per heavy atom. The number of likely N-dealkylation sites (tertiary alicyclic amines) is 1. The van der Waals surface area contributed by atoms with Gasteiger partial charge in [-0.3, -0.25) is 4.90 Å². The molecule has 5 heteroatoms. The van der Waals surface area contributed by atoms with E-state index >= 15 is 0 Å². The molecular weight excluding hydrogens is 234 g/mol. The molecule has 1 aliphatic rings. The Labute approximate surface area is 104 Å². The number of thiazole rings is 1. The second-order valence-corrected chi connectivity index (χ2v) is 5.26. The molecule has 1 saturated heterocycles. The van der Waals surface area contributed by atoms with Crippen LogP contribution in [-0.2, 0) is 6.54 Å². The van der Waals surface area contributed by atoms with Crippen LogP contribution in [0.4, 0.5) is 0 Å². The highest BCUT2D eigenvalue weighted by Gasteiger charge is 2.20. The Bertz CT molecular complexity index is 480. The summed E-state index contributed by atoms with van der Waals surface area (Å²) in [7, 11) is 0. The van der Waals surface area contributed by atoms with E-state index in [0.717, 1.165) is 42.5 Å². The molecule has 1 fully saturated rings. The highest BCUT2D eigenvalue weighted by Crippen LogP contribution is 2.24. The fourth-order valence-electron chi connectivity index (χ4n) is 2.13. The highest BCUT2D eigenvalue weighted by molar-refractivity contribution is 7.13. The van der Waals surface area contributed by atoms with Crippen LogP contribution >= 0.6 is 11.3 Å². The maximum atomic E-state index is 5.89. The van der Waals surface area contributed by atoms with E-state index in [1.807, 2.05) is 12.1 Å². The smallest absolute Gasteiger partial charge is 0.162 e. The third-order valence-corrected chi connectivity index (χ3v) is 3.88. The van der Waals surface area contributed by atoms with Gasteiger partial charge < -0.3 is 10.2 Å². The van der Waals surface area contributed by atoms with Crippen molar-refractivity contribution in [1.82, 2.24) is 9.88 Å². The topological polar surface area (TPSA) is 55.3 Å². The summed E-state index contributed by atoms with van der Waals surface area (Å²) in [6.45, 7) is 2.95. The largest absolute Gasteiger partial charge is 0.462 e. The van der Waals surface area contributed by atoms with E-state index in [-0.39, 0.29) is 0 Å². The molecule has 90 valence electrons. The molecule has 17 heavy (non-hydrogen) atoms. The molecule has 1 atom stereocenters. The average Bonchev–Trinajstić information content (AvgIpc) is 3.00. The zero-order valence-electron chi connectivity index (χ0n) is 9.50. The lowest BCUT2D eigenvalue weighted by atomic mass is 10.3. The molecule has 2 aromatic heterocycles. The summed E-state index contributed by atoms with van der Waals surface area (Å²) in [4.78, 5) is 6.94. The van der Waals surface area contributed by atoms with Crippen molar-refractivity contribution in [3.8, 4) is 10.8 Å². The van der Waals surface area contributed by atoms with Gasteiger partial charge in [0.15, 0.2) is 10.8 Å². The first-order chi connectivity index (χ1) is 8.31. The van der Waals surface area contributed by atoms with Crippen molar-refractivity contribution in [2.24, 2.45) is 5.73 Å². The van der Waals surface area contributed by atoms with Crippen LogP contribution in [-0.4, -0.2) is 29.0 Å². The molecule has 0 aromatic carbocycles. The van der Waals surface area contributed by atoms with Gasteiger partial charge in [-0.15, -0.1) is 11.3 Å². The third-order valence-electron chi connectivity index (χ3n) is 2.98. The van der Waals surface area contributed by atoms with Crippen molar-refractivity contribution in [2.45, 2.75) is 19.0 Å². The van der Waals surface area contributed by atoms with E-state index in [2.05, 4.69) is 15.3 Å². The summed E-state index contributed by atoms with van der Waals surface area (Å²) < 4.78 is 5.33. The molecule has 2 aromatic rings. The van der Waals surface area contributed by atoms with Gasteiger partial charge in [0.2, 0.25) is 0 Å². The summed E-state index contributed by atoms with van der Waals surface area (Å²) in [5, 5.41) is 3.05. The van der Waals surface area contributed by atoms with Crippen LogP contribution in [0.3, 0.4) is 0 Å². The molecule has 0 saturated carbocycles. The lowest BCUT2D eigenvalue weighted by molar-refractivity contribution is 0.323. The van der Waals surface area contributed by atoms with E-state index < -0.39 is 0 Å². The lowest BCUT2D eigenvalue weighted by Crippen LogP contribution is -2.26. The minimum absolute atomic E-state index is 0.332. The normalized spacial score (nSPS) is 21.1. The Morgan fingerprint density at radius 2 is 2.53 bits per heavy atom. The number of nitrogens with zero attached hydrogens (tertiary/aromatic N) is 2. The van der Waals surface area contributed by atoms with Crippen molar-refractivity contribution < 1.29 is 4.42 Å². The highest BCUT2D eigenvalue weighted by atomic mass is 32.1. The van der Waals surface area contributed by atoms with Crippen LogP contribution < -0.4 is 5.73 Å². The molecule has 0 radical (unpaired) electrons. The number of rotatable bonds is 3. The van der Waals surface area contributed by atoms with Gasteiger partial charge in [0, 0.05) is 31.1 Å². The summed E-state index contributed by atoms with van der Waals surface area (Å²) in [6, 6.07) is 4.16. The molecule has 3 heterocycles. The average molecular weight is 249 g/mol. The first-order valence-corrected chi connectivity index (χ1v) is 6.65. The predicted molar refractivity (Wildman–Crippen MR) is 67.7 cm³/mol. The molecule has 2 N–H and O–H groups in total. The quantitative estimate of drug-likeness (QED) is 0.903. The van der Waals surface area contributed by atoms with Crippen LogP contribution in [0.5, 0.6) is 0 Å². The maximum absolute atomic E-state index is 5.89. The van der Waals surface area contributed by atoms with Crippen molar-refractivity contribution in [2.75, 3.05) is 13.1 Å². The number of hydrogen-bond acceptors (Lipinski definition) is 5. The van der Waals surface area contributed by atoms with Crippen LogP contribution in [0.2, 0.25) is 0 Å². The van der Waals surface area contributed by atoms with Gasteiger partial charge in [-0.1, -0.05) is 0 Å². The Hall–Kier alpha value is -1.17. The van der Waals surface area contributed by atoms with Gasteiger partial charge in [-0.05, 0) is 18.6 Å². The maximum Gasteiger partial charge on any atom is 0.162 e. The van der Waals surface area contributed by atoms with E-state index in [1.165, 1.54) is 0 Å². The Balaban J connectivity index is 1.69. The molecule has 3 rings (SSSR count). The van der Waals surface area contributed by atoms with Gasteiger partial charge in [0.25, 0.3) is 0 Å². The zero-order valence-corrected chi connectivity index (χ0v) is 10.3. The van der Waals surface area contributed by atoms with Crippen LogP contribution in [0.1, 0.15) is 12.1 Å². The monoisotopic (exact) mass is 249 g/mol. The number of hydrogen-bond donors (Lipinski definition) is 1. The van der Waals surface area contributed by atoms with Crippen molar-refractivity contribution >= 4 is 11.3 Å². The summed E-state index contributed by atoms with van der Waals surface area (Å²) >= 11 is 1.63.